The van der Waals surface area contributed by atoms with E-state index in [1.165, 1.54) is 32.1 Å². The van der Waals surface area contributed by atoms with Crippen LogP contribution in [-0.2, 0) is 0 Å². The monoisotopic (exact) mass is 136 g/mol. The molecule has 0 nitrogen and oxygen atoms in total. The molecule has 0 aromatic carbocycles. The highest BCUT2D eigenvalue weighted by molar-refractivity contribution is 4.97. The van der Waals surface area contributed by atoms with E-state index >= 15 is 0 Å². The minimum absolute atomic E-state index is 0.653. The smallest absolute Gasteiger partial charge is 0.00562 e. The molecule has 0 N–H and O–H groups in total. The molecule has 0 unspecified atom stereocenters. The van der Waals surface area contributed by atoms with Crippen molar-refractivity contribution in [2.75, 3.05) is 0 Å². The highest BCUT2D eigenvalue weighted by Crippen LogP contribution is 2.16. The van der Waals surface area contributed by atoms with Crippen LogP contribution in [0.1, 0.15) is 32.1 Å². The van der Waals surface area contributed by atoms with E-state index in [2.05, 4.69) is 24.8 Å². The van der Waals surface area contributed by atoms with Crippen LogP contribution in [0.2, 0.25) is 0 Å². The van der Waals surface area contributed by atoms with Gasteiger partial charge >= 0.3 is 0 Å². The largest absolute Gasteiger partial charge is 0.102 e. The van der Waals surface area contributed by atoms with Gasteiger partial charge in [0.1, 0.15) is 0 Å². The summed E-state index contributed by atoms with van der Waals surface area (Å²) in [5.74, 6) is 0.653. The predicted octanol–water partition coefficient (Wildman–Crippen LogP) is 3.31. The molecule has 0 aliphatic heterocycles. The van der Waals surface area contributed by atoms with Crippen LogP contribution in [0.4, 0.5) is 0 Å². The van der Waals surface area contributed by atoms with E-state index in [1.807, 2.05) is 0 Å². The molecule has 1 rings (SSSR count). The third kappa shape index (κ3) is 2.38. The molecule has 1 aliphatic carbocycles. The fourth-order valence-electron chi connectivity index (χ4n) is 1.38. The van der Waals surface area contributed by atoms with Crippen molar-refractivity contribution < 1.29 is 0 Å². The van der Waals surface area contributed by atoms with E-state index in [9.17, 15) is 0 Å². The quantitative estimate of drug-likeness (QED) is 0.485. The minimum Gasteiger partial charge on any atom is -0.102 e. The Hall–Kier alpha value is -0.520. The summed E-state index contributed by atoms with van der Waals surface area (Å²) >= 11 is 0. The summed E-state index contributed by atoms with van der Waals surface area (Å²) in [6, 6.07) is 0. The van der Waals surface area contributed by atoms with Crippen molar-refractivity contribution in [1.29, 1.82) is 0 Å². The molecule has 0 heterocycles. The van der Waals surface area contributed by atoms with Gasteiger partial charge in [-0.2, -0.15) is 0 Å². The molecule has 0 aromatic rings. The molecule has 0 fully saturated rings. The van der Waals surface area contributed by atoms with Crippen LogP contribution in [0.15, 0.2) is 24.8 Å². The van der Waals surface area contributed by atoms with E-state index in [4.69, 9.17) is 0 Å². The summed E-state index contributed by atoms with van der Waals surface area (Å²) in [5, 5.41) is 0. The SMILES string of the molecule is C=C[C@H]1/C=C\CCCCC1. The normalized spacial score (nSPS) is 30.2. The summed E-state index contributed by atoms with van der Waals surface area (Å²) in [7, 11) is 0. The van der Waals surface area contributed by atoms with Gasteiger partial charge < -0.3 is 0 Å². The Bertz CT molecular complexity index is 122. The molecule has 1 atom stereocenters. The maximum atomic E-state index is 3.81. The van der Waals surface area contributed by atoms with Gasteiger partial charge in [-0.25, -0.2) is 0 Å². The van der Waals surface area contributed by atoms with Crippen LogP contribution in [0.3, 0.4) is 0 Å². The first-order valence-electron chi connectivity index (χ1n) is 4.22. The molecule has 56 valence electrons. The molecule has 0 heteroatoms. The average molecular weight is 136 g/mol. The predicted molar refractivity (Wildman–Crippen MR) is 45.9 cm³/mol. The van der Waals surface area contributed by atoms with Crippen LogP contribution < -0.4 is 0 Å². The minimum atomic E-state index is 0.653. The highest BCUT2D eigenvalue weighted by atomic mass is 14.1. The lowest BCUT2D eigenvalue weighted by molar-refractivity contribution is 0.583. The molecule has 1 aliphatic rings. The molecule has 0 radical (unpaired) electrons. The number of allylic oxidation sites excluding steroid dienone is 3. The van der Waals surface area contributed by atoms with E-state index < -0.39 is 0 Å². The van der Waals surface area contributed by atoms with Gasteiger partial charge in [0.2, 0.25) is 0 Å². The molecule has 0 spiro atoms. The third-order valence-corrected chi connectivity index (χ3v) is 2.09. The molecular formula is C10H16. The fraction of sp³-hybridized carbons (Fsp3) is 0.600. The molecule has 0 aromatic heterocycles. The van der Waals surface area contributed by atoms with Crippen LogP contribution >= 0.6 is 0 Å². The lowest BCUT2D eigenvalue weighted by Crippen LogP contribution is -1.93. The Morgan fingerprint density at radius 3 is 3.00 bits per heavy atom. The van der Waals surface area contributed by atoms with E-state index in [0.717, 1.165) is 0 Å². The van der Waals surface area contributed by atoms with Crippen molar-refractivity contribution >= 4 is 0 Å². The summed E-state index contributed by atoms with van der Waals surface area (Å²) in [6.07, 6.45) is 13.4. The summed E-state index contributed by atoms with van der Waals surface area (Å²) in [6.45, 7) is 3.81. The van der Waals surface area contributed by atoms with Crippen LogP contribution in [0, 0.1) is 5.92 Å². The van der Waals surface area contributed by atoms with Crippen molar-refractivity contribution in [3.63, 3.8) is 0 Å². The fourth-order valence-corrected chi connectivity index (χ4v) is 1.38. The maximum Gasteiger partial charge on any atom is -0.00562 e. The topological polar surface area (TPSA) is 0 Å². The Morgan fingerprint density at radius 1 is 1.30 bits per heavy atom. The maximum absolute atomic E-state index is 3.81. The third-order valence-electron chi connectivity index (χ3n) is 2.09. The zero-order valence-electron chi connectivity index (χ0n) is 6.55. The van der Waals surface area contributed by atoms with E-state index in [1.54, 1.807) is 0 Å². The Labute approximate surface area is 63.6 Å². The highest BCUT2D eigenvalue weighted by Gasteiger charge is 2.00. The van der Waals surface area contributed by atoms with E-state index in [0.29, 0.717) is 5.92 Å². The van der Waals surface area contributed by atoms with Gasteiger partial charge in [-0.05, 0) is 25.2 Å². The molecular weight excluding hydrogens is 120 g/mol. The van der Waals surface area contributed by atoms with Gasteiger partial charge in [-0.3, -0.25) is 0 Å². The average Bonchev–Trinajstić information content (AvgIpc) is 1.87. The van der Waals surface area contributed by atoms with Gasteiger partial charge in [-0.15, -0.1) is 6.58 Å². The first-order valence-corrected chi connectivity index (χ1v) is 4.22. The second kappa shape index (κ2) is 4.32. The Kier molecular flexibility index (Phi) is 3.28. The molecule has 10 heavy (non-hydrogen) atoms. The summed E-state index contributed by atoms with van der Waals surface area (Å²) < 4.78 is 0. The van der Waals surface area contributed by atoms with Crippen LogP contribution in [0.5, 0.6) is 0 Å². The van der Waals surface area contributed by atoms with Crippen molar-refractivity contribution in [3.8, 4) is 0 Å². The summed E-state index contributed by atoms with van der Waals surface area (Å²) in [4.78, 5) is 0. The molecule has 0 bridgehead atoms. The van der Waals surface area contributed by atoms with Gasteiger partial charge in [0, 0.05) is 0 Å². The van der Waals surface area contributed by atoms with Gasteiger partial charge in [0.25, 0.3) is 0 Å². The number of hydrogen-bond donors (Lipinski definition) is 0. The second-order valence-corrected chi connectivity index (χ2v) is 2.97. The standard InChI is InChI=1S/C10H16/c1-2-10-8-6-4-3-5-7-9-10/h2,6,8,10H,1,3-5,7,9H2/b8-6-/t10-/m0/s1. The first-order chi connectivity index (χ1) is 4.93. The van der Waals surface area contributed by atoms with Gasteiger partial charge in [0.15, 0.2) is 0 Å². The molecule has 0 saturated carbocycles. The molecule has 0 amide bonds. The lowest BCUT2D eigenvalue weighted by Gasteiger charge is -2.09. The van der Waals surface area contributed by atoms with Crippen molar-refractivity contribution in [3.05, 3.63) is 24.8 Å². The van der Waals surface area contributed by atoms with Gasteiger partial charge in [0.05, 0.1) is 0 Å². The van der Waals surface area contributed by atoms with Crippen molar-refractivity contribution in [2.45, 2.75) is 32.1 Å². The molecule has 0 saturated heterocycles. The van der Waals surface area contributed by atoms with Crippen LogP contribution in [-0.4, -0.2) is 0 Å². The summed E-state index contributed by atoms with van der Waals surface area (Å²) in [5.41, 5.74) is 0. The number of rotatable bonds is 1. The zero-order chi connectivity index (χ0) is 7.23. The Morgan fingerprint density at radius 2 is 2.20 bits per heavy atom. The first kappa shape index (κ1) is 7.59. The Balaban J connectivity index is 2.40. The van der Waals surface area contributed by atoms with Crippen LogP contribution in [0.25, 0.3) is 0 Å². The lowest BCUT2D eigenvalue weighted by atomic mass is 9.97. The van der Waals surface area contributed by atoms with Crippen molar-refractivity contribution in [1.82, 2.24) is 0 Å². The number of hydrogen-bond acceptors (Lipinski definition) is 0. The van der Waals surface area contributed by atoms with Crippen molar-refractivity contribution in [2.24, 2.45) is 5.92 Å². The second-order valence-electron chi connectivity index (χ2n) is 2.97. The van der Waals surface area contributed by atoms with E-state index in [-0.39, 0.29) is 0 Å². The van der Waals surface area contributed by atoms with Gasteiger partial charge in [-0.1, -0.05) is 31.1 Å². The zero-order valence-corrected chi connectivity index (χ0v) is 6.55.